The van der Waals surface area contributed by atoms with Gasteiger partial charge in [-0.15, -0.1) is 12.3 Å². The topological polar surface area (TPSA) is 21.3 Å². The number of hydrogen-bond acceptors (Lipinski definition) is 2. The van der Waals surface area contributed by atoms with E-state index in [4.69, 9.17) is 11.2 Å². The van der Waals surface area contributed by atoms with Gasteiger partial charge in [-0.1, -0.05) is 25.1 Å². The van der Waals surface area contributed by atoms with E-state index in [-0.39, 0.29) is 6.10 Å². The van der Waals surface area contributed by atoms with Crippen molar-refractivity contribution in [1.82, 2.24) is 5.32 Å². The maximum Gasteiger partial charge on any atom is 0.123 e. The lowest BCUT2D eigenvalue weighted by Gasteiger charge is -2.23. The molecule has 18 heavy (non-hydrogen) atoms. The van der Waals surface area contributed by atoms with Crippen molar-refractivity contribution in [1.29, 1.82) is 0 Å². The van der Waals surface area contributed by atoms with Gasteiger partial charge in [-0.05, 0) is 31.0 Å². The first kappa shape index (κ1) is 13.0. The van der Waals surface area contributed by atoms with E-state index < -0.39 is 0 Å². The highest BCUT2D eigenvalue weighted by Crippen LogP contribution is 2.30. The van der Waals surface area contributed by atoms with E-state index in [0.29, 0.717) is 6.04 Å². The van der Waals surface area contributed by atoms with Gasteiger partial charge >= 0.3 is 0 Å². The Morgan fingerprint density at radius 1 is 1.50 bits per heavy atom. The van der Waals surface area contributed by atoms with Crippen LogP contribution in [0, 0.1) is 12.3 Å². The summed E-state index contributed by atoms with van der Waals surface area (Å²) < 4.78 is 6.03. The first-order valence-corrected chi connectivity index (χ1v) is 6.76. The molecule has 0 bridgehead atoms. The molecule has 96 valence electrons. The summed E-state index contributed by atoms with van der Waals surface area (Å²) in [5.74, 6) is 3.76. The van der Waals surface area contributed by atoms with Crippen molar-refractivity contribution in [3.8, 4) is 18.1 Å². The van der Waals surface area contributed by atoms with Crippen LogP contribution in [0.4, 0.5) is 0 Å². The number of nitrogens with one attached hydrogen (secondary N) is 1. The van der Waals surface area contributed by atoms with Gasteiger partial charge in [0.1, 0.15) is 11.9 Å². The van der Waals surface area contributed by atoms with Crippen molar-refractivity contribution in [3.05, 3.63) is 29.8 Å². The van der Waals surface area contributed by atoms with Crippen LogP contribution in [0.2, 0.25) is 0 Å². The van der Waals surface area contributed by atoms with Gasteiger partial charge in [0.25, 0.3) is 0 Å². The molecule has 0 saturated heterocycles. The Morgan fingerprint density at radius 3 is 3.06 bits per heavy atom. The fourth-order valence-electron chi connectivity index (χ4n) is 2.42. The summed E-state index contributed by atoms with van der Waals surface area (Å²) in [6.07, 6.45) is 9.50. The van der Waals surface area contributed by atoms with E-state index in [1.54, 1.807) is 0 Å². The summed E-state index contributed by atoms with van der Waals surface area (Å²) in [4.78, 5) is 0. The van der Waals surface area contributed by atoms with Crippen LogP contribution in [-0.4, -0.2) is 18.7 Å². The van der Waals surface area contributed by atoms with Crippen molar-refractivity contribution < 1.29 is 4.74 Å². The van der Waals surface area contributed by atoms with Crippen molar-refractivity contribution in [2.45, 2.75) is 44.8 Å². The van der Waals surface area contributed by atoms with Crippen LogP contribution < -0.4 is 10.1 Å². The van der Waals surface area contributed by atoms with Gasteiger partial charge in [0.05, 0.1) is 0 Å². The zero-order valence-electron chi connectivity index (χ0n) is 11.0. The van der Waals surface area contributed by atoms with E-state index in [1.165, 1.54) is 5.56 Å². The molecule has 0 aliphatic carbocycles. The van der Waals surface area contributed by atoms with Gasteiger partial charge in [-0.2, -0.15) is 0 Å². The Kier molecular flexibility index (Phi) is 4.66. The maximum atomic E-state index is 6.03. The Morgan fingerprint density at radius 2 is 2.33 bits per heavy atom. The molecule has 2 nitrogen and oxygen atoms in total. The molecule has 0 aromatic heterocycles. The van der Waals surface area contributed by atoms with Crippen LogP contribution in [0.15, 0.2) is 24.3 Å². The van der Waals surface area contributed by atoms with Gasteiger partial charge < -0.3 is 10.1 Å². The molecule has 1 aliphatic rings. The van der Waals surface area contributed by atoms with E-state index >= 15 is 0 Å². The highest BCUT2D eigenvalue weighted by Gasteiger charge is 2.29. The summed E-state index contributed by atoms with van der Waals surface area (Å²) >= 11 is 0. The molecule has 0 spiro atoms. The number of terminal acetylenes is 1. The molecule has 1 N–H and O–H groups in total. The number of benzene rings is 1. The molecule has 2 atom stereocenters. The summed E-state index contributed by atoms with van der Waals surface area (Å²) in [6, 6.07) is 8.65. The molecule has 1 aromatic rings. The van der Waals surface area contributed by atoms with Gasteiger partial charge in [0.15, 0.2) is 0 Å². The number of rotatable bonds is 6. The lowest BCUT2D eigenvalue weighted by Crippen LogP contribution is -2.42. The average Bonchev–Trinajstić information content (AvgIpc) is 2.82. The van der Waals surface area contributed by atoms with E-state index in [9.17, 15) is 0 Å². The molecule has 2 unspecified atom stereocenters. The lowest BCUT2D eigenvalue weighted by molar-refractivity contribution is 0.172. The number of hydrogen-bond donors (Lipinski definition) is 1. The van der Waals surface area contributed by atoms with Crippen LogP contribution in [0.25, 0.3) is 0 Å². The minimum absolute atomic E-state index is 0.224. The van der Waals surface area contributed by atoms with Gasteiger partial charge in [-0.3, -0.25) is 0 Å². The number of para-hydroxylation sites is 1. The fourth-order valence-corrected chi connectivity index (χ4v) is 2.42. The molecule has 0 fully saturated rings. The lowest BCUT2D eigenvalue weighted by atomic mass is 10.0. The molecule has 0 radical (unpaired) electrons. The maximum absolute atomic E-state index is 6.03. The van der Waals surface area contributed by atoms with Crippen molar-refractivity contribution >= 4 is 0 Å². The molecule has 1 aliphatic heterocycles. The molecule has 2 rings (SSSR count). The third-order valence-electron chi connectivity index (χ3n) is 3.38. The molecular formula is C16H21NO. The monoisotopic (exact) mass is 243 g/mol. The Balaban J connectivity index is 1.98. The van der Waals surface area contributed by atoms with E-state index in [1.807, 2.05) is 12.1 Å². The van der Waals surface area contributed by atoms with Crippen molar-refractivity contribution in [3.63, 3.8) is 0 Å². The third kappa shape index (κ3) is 3.05. The highest BCUT2D eigenvalue weighted by molar-refractivity contribution is 5.37. The first-order chi connectivity index (χ1) is 8.85. The van der Waals surface area contributed by atoms with Gasteiger partial charge in [-0.25, -0.2) is 0 Å². The van der Waals surface area contributed by atoms with Gasteiger partial charge in [0.2, 0.25) is 0 Å². The van der Waals surface area contributed by atoms with Crippen LogP contribution >= 0.6 is 0 Å². The second-order valence-corrected chi connectivity index (χ2v) is 4.77. The number of fused-ring (bicyclic) bond motifs is 1. The SMILES string of the molecule is C#CCCC(NCCC)C1Cc2ccccc2O1. The first-order valence-electron chi connectivity index (χ1n) is 6.76. The second kappa shape index (κ2) is 6.47. The smallest absolute Gasteiger partial charge is 0.123 e. The minimum Gasteiger partial charge on any atom is -0.488 e. The van der Waals surface area contributed by atoms with Crippen LogP contribution in [-0.2, 0) is 6.42 Å². The second-order valence-electron chi connectivity index (χ2n) is 4.77. The average molecular weight is 243 g/mol. The summed E-state index contributed by atoms with van der Waals surface area (Å²) in [7, 11) is 0. The predicted molar refractivity (Wildman–Crippen MR) is 74.7 cm³/mol. The Bertz CT molecular complexity index is 396. The molecule has 1 heterocycles. The molecular weight excluding hydrogens is 222 g/mol. The van der Waals surface area contributed by atoms with Crippen LogP contribution in [0.3, 0.4) is 0 Å². The normalized spacial score (nSPS) is 18.8. The summed E-state index contributed by atoms with van der Waals surface area (Å²) in [5.41, 5.74) is 1.31. The molecule has 2 heteroatoms. The zero-order valence-corrected chi connectivity index (χ0v) is 11.0. The standard InChI is InChI=1S/C16H21NO/c1-3-5-9-14(17-11-4-2)16-12-13-8-6-7-10-15(13)18-16/h1,6-8,10,14,16-17H,4-5,9,11-12H2,2H3. The minimum atomic E-state index is 0.224. The van der Waals surface area contributed by atoms with Crippen LogP contribution in [0.5, 0.6) is 5.75 Å². The molecule has 1 aromatic carbocycles. The summed E-state index contributed by atoms with van der Waals surface area (Å²) in [5, 5.41) is 3.56. The highest BCUT2D eigenvalue weighted by atomic mass is 16.5. The summed E-state index contributed by atoms with van der Waals surface area (Å²) in [6.45, 7) is 3.20. The van der Waals surface area contributed by atoms with Crippen LogP contribution in [0.1, 0.15) is 31.7 Å². The Hall–Kier alpha value is -1.46. The van der Waals surface area contributed by atoms with E-state index in [2.05, 4.69) is 30.3 Å². The molecule has 0 amide bonds. The predicted octanol–water partition coefficient (Wildman–Crippen LogP) is 2.77. The van der Waals surface area contributed by atoms with Crippen molar-refractivity contribution in [2.24, 2.45) is 0 Å². The Labute approximate surface area is 110 Å². The van der Waals surface area contributed by atoms with Gasteiger partial charge in [0, 0.05) is 18.9 Å². The number of ether oxygens (including phenoxy) is 1. The zero-order chi connectivity index (χ0) is 12.8. The van der Waals surface area contributed by atoms with E-state index in [0.717, 1.165) is 38.0 Å². The molecule has 0 saturated carbocycles. The largest absolute Gasteiger partial charge is 0.488 e. The fraction of sp³-hybridized carbons (Fsp3) is 0.500. The quantitative estimate of drug-likeness (QED) is 0.776. The third-order valence-corrected chi connectivity index (χ3v) is 3.38. The van der Waals surface area contributed by atoms with Crippen molar-refractivity contribution in [2.75, 3.05) is 6.54 Å².